The van der Waals surface area contributed by atoms with Crippen LogP contribution in [0.25, 0.3) is 0 Å². The van der Waals surface area contributed by atoms with Crippen molar-refractivity contribution in [3.63, 3.8) is 0 Å². The molecule has 3 N–H and O–H groups in total. The molecular weight excluding hydrogens is 160 g/mol. The smallest absolute Gasteiger partial charge is 0.234 e. The van der Waals surface area contributed by atoms with Crippen molar-refractivity contribution in [3.8, 4) is 0 Å². The first-order chi connectivity index (χ1) is 5.70. The predicted molar refractivity (Wildman–Crippen MR) is 44.7 cm³/mol. The Morgan fingerprint density at radius 2 is 2.08 bits per heavy atom. The highest BCUT2D eigenvalue weighted by atomic mass is 16.3. The van der Waals surface area contributed by atoms with Crippen molar-refractivity contribution in [2.24, 2.45) is 0 Å². The van der Waals surface area contributed by atoms with E-state index in [-0.39, 0.29) is 32.2 Å². The molecular formula is C7H16N2O3. The molecule has 0 aliphatic carbocycles. The summed E-state index contributed by atoms with van der Waals surface area (Å²) in [6.45, 7) is 1.01. The van der Waals surface area contributed by atoms with Crippen LogP contribution in [0, 0.1) is 0 Å². The van der Waals surface area contributed by atoms with E-state index in [0.717, 1.165) is 0 Å². The molecule has 0 aliphatic rings. The van der Waals surface area contributed by atoms with Crippen LogP contribution in [-0.2, 0) is 4.79 Å². The molecule has 0 aliphatic heterocycles. The first kappa shape index (κ1) is 11.4. The molecule has 1 amide bonds. The number of hydrogen-bond acceptors (Lipinski definition) is 4. The Balaban J connectivity index is 3.40. The summed E-state index contributed by atoms with van der Waals surface area (Å²) < 4.78 is 0. The van der Waals surface area contributed by atoms with Gasteiger partial charge in [-0.25, -0.2) is 0 Å². The minimum absolute atomic E-state index is 0.0454. The van der Waals surface area contributed by atoms with Crippen LogP contribution in [0.15, 0.2) is 0 Å². The Hall–Kier alpha value is -0.650. The molecule has 0 atom stereocenters. The van der Waals surface area contributed by atoms with Gasteiger partial charge in [0.2, 0.25) is 5.91 Å². The Bertz CT molecular complexity index is 130. The molecule has 0 bridgehead atoms. The lowest BCUT2D eigenvalue weighted by molar-refractivity contribution is -0.122. The van der Waals surface area contributed by atoms with Crippen LogP contribution >= 0.6 is 0 Å². The Kier molecular flexibility index (Phi) is 6.64. The van der Waals surface area contributed by atoms with Crippen molar-refractivity contribution in [3.05, 3.63) is 0 Å². The van der Waals surface area contributed by atoms with Gasteiger partial charge in [-0.3, -0.25) is 9.69 Å². The minimum Gasteiger partial charge on any atom is -0.395 e. The fraction of sp³-hybridized carbons (Fsp3) is 0.857. The van der Waals surface area contributed by atoms with E-state index < -0.39 is 0 Å². The zero-order valence-electron chi connectivity index (χ0n) is 7.29. The second-order valence-electron chi connectivity index (χ2n) is 2.53. The third-order valence-corrected chi connectivity index (χ3v) is 1.33. The van der Waals surface area contributed by atoms with Crippen LogP contribution < -0.4 is 5.32 Å². The lowest BCUT2D eigenvalue weighted by atomic mass is 10.5. The molecule has 0 aromatic heterocycles. The molecule has 0 fully saturated rings. The SMILES string of the molecule is CN(CCO)CC(=O)NCCO. The lowest BCUT2D eigenvalue weighted by Gasteiger charge is -2.13. The van der Waals surface area contributed by atoms with Crippen molar-refractivity contribution in [2.75, 3.05) is 39.9 Å². The highest BCUT2D eigenvalue weighted by molar-refractivity contribution is 5.77. The van der Waals surface area contributed by atoms with E-state index in [0.29, 0.717) is 6.54 Å². The number of aliphatic hydroxyl groups excluding tert-OH is 2. The molecule has 5 nitrogen and oxygen atoms in total. The molecule has 0 heterocycles. The first-order valence-electron chi connectivity index (χ1n) is 3.87. The van der Waals surface area contributed by atoms with Gasteiger partial charge in [0.25, 0.3) is 0 Å². The second-order valence-corrected chi connectivity index (χ2v) is 2.53. The number of rotatable bonds is 6. The highest BCUT2D eigenvalue weighted by Crippen LogP contribution is 1.79. The van der Waals surface area contributed by atoms with E-state index in [4.69, 9.17) is 10.2 Å². The molecule has 12 heavy (non-hydrogen) atoms. The molecule has 5 heteroatoms. The van der Waals surface area contributed by atoms with Gasteiger partial charge >= 0.3 is 0 Å². The summed E-state index contributed by atoms with van der Waals surface area (Å²) in [6, 6.07) is 0. The molecule has 0 saturated heterocycles. The van der Waals surface area contributed by atoms with Crippen LogP contribution in [-0.4, -0.2) is 60.9 Å². The standard InChI is InChI=1S/C7H16N2O3/c1-9(3-5-11)6-7(12)8-2-4-10/h10-11H,2-6H2,1H3,(H,8,12). The van der Waals surface area contributed by atoms with E-state index in [2.05, 4.69) is 5.32 Å². The summed E-state index contributed by atoms with van der Waals surface area (Å²) in [5.74, 6) is -0.139. The maximum Gasteiger partial charge on any atom is 0.234 e. The number of carbonyl (C=O) groups is 1. The largest absolute Gasteiger partial charge is 0.395 e. The summed E-state index contributed by atoms with van der Waals surface area (Å²) in [7, 11) is 1.74. The van der Waals surface area contributed by atoms with Crippen molar-refractivity contribution in [1.29, 1.82) is 0 Å². The van der Waals surface area contributed by atoms with Crippen molar-refractivity contribution >= 4 is 5.91 Å². The second kappa shape index (κ2) is 7.02. The maximum absolute atomic E-state index is 10.9. The fourth-order valence-electron chi connectivity index (χ4n) is 0.746. The predicted octanol–water partition coefficient (Wildman–Crippen LogP) is -1.98. The average molecular weight is 176 g/mol. The number of likely N-dealkylation sites (N-methyl/N-ethyl adjacent to an activating group) is 1. The molecule has 0 aromatic carbocycles. The Labute approximate surface area is 72.0 Å². The van der Waals surface area contributed by atoms with Gasteiger partial charge in [0.15, 0.2) is 0 Å². The third-order valence-electron chi connectivity index (χ3n) is 1.33. The molecule has 0 saturated carbocycles. The number of nitrogens with zero attached hydrogens (tertiary/aromatic N) is 1. The summed E-state index contributed by atoms with van der Waals surface area (Å²) in [4.78, 5) is 12.6. The van der Waals surface area contributed by atoms with Crippen LogP contribution in [0.5, 0.6) is 0 Å². The van der Waals surface area contributed by atoms with E-state index in [1.165, 1.54) is 0 Å². The van der Waals surface area contributed by atoms with Crippen molar-refractivity contribution in [2.45, 2.75) is 0 Å². The van der Waals surface area contributed by atoms with Gasteiger partial charge in [-0.15, -0.1) is 0 Å². The third kappa shape index (κ3) is 6.09. The molecule has 72 valence electrons. The van der Waals surface area contributed by atoms with Gasteiger partial charge in [0.05, 0.1) is 19.8 Å². The van der Waals surface area contributed by atoms with Gasteiger partial charge in [-0.05, 0) is 7.05 Å². The monoisotopic (exact) mass is 176 g/mol. The molecule has 0 spiro atoms. The average Bonchev–Trinajstić information content (AvgIpc) is 2.01. The normalized spacial score (nSPS) is 10.3. The Morgan fingerprint density at radius 3 is 2.58 bits per heavy atom. The number of carbonyl (C=O) groups excluding carboxylic acids is 1. The lowest BCUT2D eigenvalue weighted by Crippen LogP contribution is -2.37. The maximum atomic E-state index is 10.9. The van der Waals surface area contributed by atoms with Gasteiger partial charge in [-0.1, -0.05) is 0 Å². The number of amides is 1. The van der Waals surface area contributed by atoms with Crippen LogP contribution in [0.4, 0.5) is 0 Å². The zero-order valence-corrected chi connectivity index (χ0v) is 7.29. The van der Waals surface area contributed by atoms with E-state index in [1.807, 2.05) is 0 Å². The number of nitrogens with one attached hydrogen (secondary N) is 1. The van der Waals surface area contributed by atoms with Gasteiger partial charge in [-0.2, -0.15) is 0 Å². The number of hydrogen-bond donors (Lipinski definition) is 3. The summed E-state index contributed by atoms with van der Waals surface area (Å²) >= 11 is 0. The summed E-state index contributed by atoms with van der Waals surface area (Å²) in [6.07, 6.45) is 0. The quantitative estimate of drug-likeness (QED) is 0.438. The molecule has 0 radical (unpaired) electrons. The fourth-order valence-corrected chi connectivity index (χ4v) is 0.746. The van der Waals surface area contributed by atoms with E-state index in [9.17, 15) is 4.79 Å². The minimum atomic E-state index is -0.139. The molecule has 0 unspecified atom stereocenters. The van der Waals surface area contributed by atoms with Gasteiger partial charge in [0, 0.05) is 13.1 Å². The summed E-state index contributed by atoms with van der Waals surface area (Å²) in [5.41, 5.74) is 0. The van der Waals surface area contributed by atoms with Crippen LogP contribution in [0.2, 0.25) is 0 Å². The first-order valence-corrected chi connectivity index (χ1v) is 3.87. The molecule has 0 rings (SSSR count). The van der Waals surface area contributed by atoms with Crippen molar-refractivity contribution in [1.82, 2.24) is 10.2 Å². The zero-order chi connectivity index (χ0) is 9.40. The topological polar surface area (TPSA) is 72.8 Å². The Morgan fingerprint density at radius 1 is 1.42 bits per heavy atom. The van der Waals surface area contributed by atoms with E-state index in [1.54, 1.807) is 11.9 Å². The van der Waals surface area contributed by atoms with Gasteiger partial charge in [0.1, 0.15) is 0 Å². The van der Waals surface area contributed by atoms with Crippen molar-refractivity contribution < 1.29 is 15.0 Å². The molecule has 0 aromatic rings. The number of aliphatic hydroxyl groups is 2. The van der Waals surface area contributed by atoms with Crippen LogP contribution in [0.3, 0.4) is 0 Å². The van der Waals surface area contributed by atoms with Gasteiger partial charge < -0.3 is 15.5 Å². The van der Waals surface area contributed by atoms with Crippen LogP contribution in [0.1, 0.15) is 0 Å². The summed E-state index contributed by atoms with van der Waals surface area (Å²) in [5, 5.41) is 19.4. The van der Waals surface area contributed by atoms with E-state index >= 15 is 0 Å². The highest BCUT2D eigenvalue weighted by Gasteiger charge is 2.03.